The maximum atomic E-state index is 13.4. The molecule has 0 bridgehead atoms. The number of anilines is 1. The summed E-state index contributed by atoms with van der Waals surface area (Å²) >= 11 is 1.31. The number of fused-ring (bicyclic) bond motifs is 1. The summed E-state index contributed by atoms with van der Waals surface area (Å²) in [6, 6.07) is 15.2. The standard InChI is InChI=1S/C18H13FN4OS/c1-11-9-16(21-17(24)12-5-3-2-4-6-12)23(22-11)18-20-14-8-7-13(19)10-15(14)25-18/h2-10H,1H3,(H,21,24). The third-order valence-corrected chi connectivity index (χ3v) is 4.62. The normalized spacial score (nSPS) is 11.0. The molecular weight excluding hydrogens is 339 g/mol. The fourth-order valence-electron chi connectivity index (χ4n) is 2.49. The van der Waals surface area contributed by atoms with Crippen molar-refractivity contribution in [3.8, 4) is 5.13 Å². The van der Waals surface area contributed by atoms with Gasteiger partial charge in [-0.25, -0.2) is 9.37 Å². The van der Waals surface area contributed by atoms with E-state index in [1.165, 1.54) is 23.5 Å². The quantitative estimate of drug-likeness (QED) is 0.602. The first-order valence-corrected chi connectivity index (χ1v) is 8.41. The van der Waals surface area contributed by atoms with Gasteiger partial charge < -0.3 is 5.32 Å². The van der Waals surface area contributed by atoms with Gasteiger partial charge in [0.15, 0.2) is 0 Å². The van der Waals surface area contributed by atoms with E-state index in [0.717, 1.165) is 10.4 Å². The van der Waals surface area contributed by atoms with Crippen molar-refractivity contribution in [1.29, 1.82) is 0 Å². The van der Waals surface area contributed by atoms with Gasteiger partial charge in [-0.2, -0.15) is 9.78 Å². The highest BCUT2D eigenvalue weighted by atomic mass is 32.1. The number of nitrogens with one attached hydrogen (secondary N) is 1. The van der Waals surface area contributed by atoms with Gasteiger partial charge in [-0.1, -0.05) is 29.5 Å². The van der Waals surface area contributed by atoms with Gasteiger partial charge in [-0.3, -0.25) is 4.79 Å². The average molecular weight is 352 g/mol. The van der Waals surface area contributed by atoms with E-state index >= 15 is 0 Å². The zero-order valence-electron chi connectivity index (χ0n) is 13.2. The molecule has 4 rings (SSSR count). The Hall–Kier alpha value is -3.06. The second-order valence-electron chi connectivity index (χ2n) is 5.51. The molecule has 0 aliphatic rings. The molecule has 0 aliphatic heterocycles. The summed E-state index contributed by atoms with van der Waals surface area (Å²) in [7, 11) is 0. The summed E-state index contributed by atoms with van der Waals surface area (Å²) in [6.45, 7) is 1.83. The Kier molecular flexibility index (Phi) is 3.77. The molecule has 1 amide bonds. The Morgan fingerprint density at radius 3 is 2.76 bits per heavy atom. The Balaban J connectivity index is 1.72. The monoisotopic (exact) mass is 352 g/mol. The molecule has 0 radical (unpaired) electrons. The predicted octanol–water partition coefficient (Wildman–Crippen LogP) is 4.18. The van der Waals surface area contributed by atoms with Crippen molar-refractivity contribution >= 4 is 33.3 Å². The zero-order valence-corrected chi connectivity index (χ0v) is 14.0. The lowest BCUT2D eigenvalue weighted by Crippen LogP contribution is -2.14. The molecule has 124 valence electrons. The third-order valence-electron chi connectivity index (χ3n) is 3.63. The van der Waals surface area contributed by atoms with Crippen molar-refractivity contribution in [2.45, 2.75) is 6.92 Å². The van der Waals surface area contributed by atoms with Gasteiger partial charge in [0.1, 0.15) is 11.6 Å². The Morgan fingerprint density at radius 1 is 1.16 bits per heavy atom. The van der Waals surface area contributed by atoms with Crippen molar-refractivity contribution in [3.63, 3.8) is 0 Å². The van der Waals surface area contributed by atoms with E-state index in [-0.39, 0.29) is 11.7 Å². The second kappa shape index (κ2) is 6.10. The topological polar surface area (TPSA) is 59.8 Å². The minimum atomic E-state index is -0.308. The van der Waals surface area contributed by atoms with Crippen LogP contribution in [-0.4, -0.2) is 20.7 Å². The number of nitrogens with zero attached hydrogens (tertiary/aromatic N) is 3. The number of aryl methyl sites for hydroxylation is 1. The van der Waals surface area contributed by atoms with Crippen molar-refractivity contribution in [2.24, 2.45) is 0 Å². The fraction of sp³-hybridized carbons (Fsp3) is 0.0556. The minimum absolute atomic E-state index is 0.228. The molecule has 7 heteroatoms. The highest BCUT2D eigenvalue weighted by Gasteiger charge is 2.15. The first kappa shape index (κ1) is 15.5. The van der Waals surface area contributed by atoms with Crippen LogP contribution in [0.2, 0.25) is 0 Å². The average Bonchev–Trinajstić information content (AvgIpc) is 3.18. The number of carbonyl (C=O) groups is 1. The molecule has 0 unspecified atom stereocenters. The van der Waals surface area contributed by atoms with Crippen LogP contribution in [-0.2, 0) is 0 Å². The van der Waals surface area contributed by atoms with Crippen LogP contribution in [0.4, 0.5) is 10.2 Å². The number of amides is 1. The van der Waals surface area contributed by atoms with Gasteiger partial charge in [0, 0.05) is 11.6 Å². The van der Waals surface area contributed by atoms with Crippen LogP contribution < -0.4 is 5.32 Å². The van der Waals surface area contributed by atoms with Crippen LogP contribution in [0.1, 0.15) is 16.1 Å². The third kappa shape index (κ3) is 3.01. The number of thiazole rings is 1. The number of benzene rings is 2. The molecule has 0 saturated heterocycles. The largest absolute Gasteiger partial charge is 0.306 e. The van der Waals surface area contributed by atoms with Crippen molar-refractivity contribution in [3.05, 3.63) is 71.7 Å². The first-order valence-electron chi connectivity index (χ1n) is 7.60. The van der Waals surface area contributed by atoms with Crippen LogP contribution in [0, 0.1) is 12.7 Å². The molecule has 0 saturated carbocycles. The maximum Gasteiger partial charge on any atom is 0.256 e. The number of hydrogen-bond donors (Lipinski definition) is 1. The van der Waals surface area contributed by atoms with Crippen LogP contribution in [0.3, 0.4) is 0 Å². The number of carbonyl (C=O) groups excluding carboxylic acids is 1. The number of halogens is 1. The van der Waals surface area contributed by atoms with Crippen LogP contribution >= 0.6 is 11.3 Å². The molecule has 25 heavy (non-hydrogen) atoms. The first-order chi connectivity index (χ1) is 12.1. The summed E-state index contributed by atoms with van der Waals surface area (Å²) in [5.41, 5.74) is 1.99. The van der Waals surface area contributed by atoms with Crippen molar-refractivity contribution in [2.75, 3.05) is 5.32 Å². The summed E-state index contributed by atoms with van der Waals surface area (Å²) in [5, 5.41) is 7.82. The maximum absolute atomic E-state index is 13.4. The van der Waals surface area contributed by atoms with Crippen molar-refractivity contribution < 1.29 is 9.18 Å². The molecular formula is C18H13FN4OS. The van der Waals surface area contributed by atoms with Crippen molar-refractivity contribution in [1.82, 2.24) is 14.8 Å². The molecule has 0 atom stereocenters. The second-order valence-corrected chi connectivity index (χ2v) is 6.52. The van der Waals surface area contributed by atoms with Gasteiger partial charge in [-0.05, 0) is 37.3 Å². The lowest BCUT2D eigenvalue weighted by atomic mass is 10.2. The van der Waals surface area contributed by atoms with Gasteiger partial charge in [0.2, 0.25) is 5.13 Å². The molecule has 4 aromatic rings. The van der Waals surface area contributed by atoms with E-state index in [4.69, 9.17) is 0 Å². The minimum Gasteiger partial charge on any atom is -0.306 e. The highest BCUT2D eigenvalue weighted by molar-refractivity contribution is 7.20. The van der Waals surface area contributed by atoms with Crippen LogP contribution in [0.15, 0.2) is 54.6 Å². The van der Waals surface area contributed by atoms with Gasteiger partial charge >= 0.3 is 0 Å². The van der Waals surface area contributed by atoms with E-state index in [0.29, 0.717) is 22.0 Å². The van der Waals surface area contributed by atoms with Crippen LogP contribution in [0.5, 0.6) is 0 Å². The molecule has 0 fully saturated rings. The molecule has 0 aliphatic carbocycles. The Labute approximate surface area is 146 Å². The lowest BCUT2D eigenvalue weighted by molar-refractivity contribution is 0.102. The van der Waals surface area contributed by atoms with E-state index in [9.17, 15) is 9.18 Å². The smallest absolute Gasteiger partial charge is 0.256 e. The summed E-state index contributed by atoms with van der Waals surface area (Å²) in [5.74, 6) is -0.0169. The molecule has 2 aromatic heterocycles. The molecule has 5 nitrogen and oxygen atoms in total. The molecule has 2 aromatic carbocycles. The predicted molar refractivity (Wildman–Crippen MR) is 95.8 cm³/mol. The van der Waals surface area contributed by atoms with Gasteiger partial charge in [0.05, 0.1) is 15.9 Å². The summed E-state index contributed by atoms with van der Waals surface area (Å²) < 4.78 is 15.7. The Morgan fingerprint density at radius 2 is 1.96 bits per heavy atom. The summed E-state index contributed by atoms with van der Waals surface area (Å²) in [6.07, 6.45) is 0. The molecule has 0 spiro atoms. The van der Waals surface area contributed by atoms with E-state index in [1.807, 2.05) is 13.0 Å². The Bertz CT molecular complexity index is 1070. The lowest BCUT2D eigenvalue weighted by Gasteiger charge is -2.06. The fourth-order valence-corrected chi connectivity index (χ4v) is 3.45. The van der Waals surface area contributed by atoms with Gasteiger partial charge in [-0.15, -0.1) is 0 Å². The zero-order chi connectivity index (χ0) is 17.4. The van der Waals surface area contributed by atoms with E-state index < -0.39 is 0 Å². The summed E-state index contributed by atoms with van der Waals surface area (Å²) in [4.78, 5) is 16.9. The number of aromatic nitrogens is 3. The highest BCUT2D eigenvalue weighted by Crippen LogP contribution is 2.28. The number of rotatable bonds is 3. The number of hydrogen-bond acceptors (Lipinski definition) is 4. The van der Waals surface area contributed by atoms with Crippen LogP contribution in [0.25, 0.3) is 15.3 Å². The SMILES string of the molecule is Cc1cc(NC(=O)c2ccccc2)n(-c2nc3ccc(F)cc3s2)n1. The van der Waals surface area contributed by atoms with E-state index in [1.54, 1.807) is 41.1 Å². The van der Waals surface area contributed by atoms with Gasteiger partial charge in [0.25, 0.3) is 5.91 Å². The molecule has 1 N–H and O–H groups in total. The molecule has 2 heterocycles. The van der Waals surface area contributed by atoms with E-state index in [2.05, 4.69) is 15.4 Å².